The summed E-state index contributed by atoms with van der Waals surface area (Å²) in [4.78, 5) is 20.1. The van der Waals surface area contributed by atoms with E-state index >= 15 is 0 Å². The number of benzene rings is 1. The molecule has 2 aromatic heterocycles. The van der Waals surface area contributed by atoms with Crippen LogP contribution in [0.5, 0.6) is 0 Å². The van der Waals surface area contributed by atoms with Gasteiger partial charge >= 0.3 is 5.69 Å². The number of hydrogen-bond donors (Lipinski definition) is 0. The summed E-state index contributed by atoms with van der Waals surface area (Å²) >= 11 is 0. The fourth-order valence-corrected chi connectivity index (χ4v) is 4.17. The van der Waals surface area contributed by atoms with E-state index in [0.29, 0.717) is 11.3 Å². The summed E-state index contributed by atoms with van der Waals surface area (Å²) in [7, 11) is 2.09. The minimum absolute atomic E-state index is 0.0602. The molecule has 1 saturated heterocycles. The summed E-state index contributed by atoms with van der Waals surface area (Å²) in [5.41, 5.74) is 2.75. The largest absolute Gasteiger partial charge is 0.470 e. The predicted molar refractivity (Wildman–Crippen MR) is 123 cm³/mol. The Kier molecular flexibility index (Phi) is 6.93. The zero-order chi connectivity index (χ0) is 23.4. The number of rotatable bonds is 7. The molecular formula is C23H26F2N6O2. The molecule has 0 unspecified atom stereocenters. The number of fused-ring (bicyclic) bond motifs is 1. The number of imidazole rings is 1. The third-order valence-corrected chi connectivity index (χ3v) is 5.82. The third-order valence-electron chi connectivity index (χ3n) is 5.82. The van der Waals surface area contributed by atoms with E-state index < -0.39 is 13.0 Å². The first kappa shape index (κ1) is 22.8. The predicted octanol–water partition coefficient (Wildman–Crippen LogP) is 3.16. The van der Waals surface area contributed by atoms with Crippen molar-refractivity contribution in [2.45, 2.75) is 31.9 Å². The van der Waals surface area contributed by atoms with Crippen LogP contribution in [0.15, 0.2) is 57.6 Å². The topological polar surface area (TPSA) is 77.0 Å². The Bertz CT molecular complexity index is 1190. The molecule has 3 heterocycles. The highest BCUT2D eigenvalue weighted by Gasteiger charge is 2.24. The van der Waals surface area contributed by atoms with E-state index in [-0.39, 0.29) is 24.2 Å². The normalized spacial score (nSPS) is 15.9. The fourth-order valence-electron chi connectivity index (χ4n) is 4.17. The molecule has 0 saturated carbocycles. The molecule has 1 aliphatic heterocycles. The van der Waals surface area contributed by atoms with Crippen LogP contribution in [0, 0.1) is 0 Å². The van der Waals surface area contributed by atoms with Crippen molar-refractivity contribution in [3.8, 4) is 0 Å². The first-order chi connectivity index (χ1) is 16.0. The standard InChI is InChI=1S/C23H26F2N6O2/c1-26-28-22(33-15-21(24)25)16-7-8-17(27-13-16)14-30-19-5-3-4-6-20(19)31(23(30)32)18-9-11-29(2)12-10-18/h3-8,13,18,21H,1,9-12,14-15H2,2H3/b28-22-. The van der Waals surface area contributed by atoms with Gasteiger partial charge in [-0.3, -0.25) is 14.1 Å². The number of likely N-dealkylation sites (tertiary alicyclic amines) is 1. The van der Waals surface area contributed by atoms with E-state index in [1.165, 1.54) is 6.20 Å². The first-order valence-electron chi connectivity index (χ1n) is 10.8. The van der Waals surface area contributed by atoms with Gasteiger partial charge in [-0.15, -0.1) is 5.10 Å². The van der Waals surface area contributed by atoms with Crippen molar-refractivity contribution < 1.29 is 13.5 Å². The molecule has 0 radical (unpaired) electrons. The number of alkyl halides is 2. The summed E-state index contributed by atoms with van der Waals surface area (Å²) < 4.78 is 33.6. The van der Waals surface area contributed by atoms with Gasteiger partial charge in [0, 0.05) is 19.0 Å². The second-order valence-electron chi connectivity index (χ2n) is 8.05. The van der Waals surface area contributed by atoms with Crippen molar-refractivity contribution in [3.05, 3.63) is 64.3 Å². The van der Waals surface area contributed by atoms with E-state index in [2.05, 4.69) is 33.9 Å². The molecule has 4 rings (SSSR count). The molecule has 1 aliphatic rings. The molecule has 0 spiro atoms. The number of para-hydroxylation sites is 2. The van der Waals surface area contributed by atoms with E-state index in [1.54, 1.807) is 16.7 Å². The van der Waals surface area contributed by atoms with Crippen LogP contribution < -0.4 is 5.69 Å². The van der Waals surface area contributed by atoms with Crippen LogP contribution in [0.1, 0.15) is 30.1 Å². The van der Waals surface area contributed by atoms with Crippen molar-refractivity contribution in [2.75, 3.05) is 26.7 Å². The highest BCUT2D eigenvalue weighted by atomic mass is 19.3. The lowest BCUT2D eigenvalue weighted by molar-refractivity contribution is 0.0765. The third kappa shape index (κ3) is 5.00. The smallest absolute Gasteiger partial charge is 0.329 e. The molecule has 0 atom stereocenters. The zero-order valence-corrected chi connectivity index (χ0v) is 18.4. The van der Waals surface area contributed by atoms with Gasteiger partial charge in [0.25, 0.3) is 6.43 Å². The van der Waals surface area contributed by atoms with Crippen LogP contribution in [0.25, 0.3) is 11.0 Å². The summed E-state index contributed by atoms with van der Waals surface area (Å²) in [6.45, 7) is 4.63. The number of halogens is 2. The quantitative estimate of drug-likeness (QED) is 0.311. The van der Waals surface area contributed by atoms with E-state index in [4.69, 9.17) is 4.74 Å². The van der Waals surface area contributed by atoms with Crippen LogP contribution in [0.2, 0.25) is 0 Å². The average Bonchev–Trinajstić information content (AvgIpc) is 3.09. The first-order valence-corrected chi connectivity index (χ1v) is 10.8. The number of nitrogens with zero attached hydrogens (tertiary/aromatic N) is 6. The summed E-state index contributed by atoms with van der Waals surface area (Å²) in [5, 5.41) is 7.04. The van der Waals surface area contributed by atoms with Crippen molar-refractivity contribution in [3.63, 3.8) is 0 Å². The van der Waals surface area contributed by atoms with E-state index in [1.807, 2.05) is 28.8 Å². The highest BCUT2D eigenvalue weighted by Crippen LogP contribution is 2.25. The molecule has 0 bridgehead atoms. The highest BCUT2D eigenvalue weighted by molar-refractivity contribution is 5.93. The van der Waals surface area contributed by atoms with Crippen LogP contribution in [0.3, 0.4) is 0 Å². The zero-order valence-electron chi connectivity index (χ0n) is 18.4. The minimum atomic E-state index is -2.64. The van der Waals surface area contributed by atoms with Gasteiger partial charge < -0.3 is 9.64 Å². The van der Waals surface area contributed by atoms with Crippen LogP contribution in [-0.4, -0.2) is 64.8 Å². The van der Waals surface area contributed by atoms with Crippen LogP contribution in [0.4, 0.5) is 8.78 Å². The molecular weight excluding hydrogens is 430 g/mol. The molecule has 0 aliphatic carbocycles. The Morgan fingerprint density at radius 2 is 1.94 bits per heavy atom. The molecule has 8 nitrogen and oxygen atoms in total. The van der Waals surface area contributed by atoms with E-state index in [9.17, 15) is 13.6 Å². The Hall–Kier alpha value is -3.40. The fraction of sp³-hybridized carbons (Fsp3) is 0.391. The Labute approximate surface area is 189 Å². The molecule has 10 heteroatoms. The van der Waals surface area contributed by atoms with Gasteiger partial charge in [-0.2, -0.15) is 5.10 Å². The van der Waals surface area contributed by atoms with Crippen molar-refractivity contribution in [1.82, 2.24) is 19.0 Å². The molecule has 0 N–H and O–H groups in total. The van der Waals surface area contributed by atoms with Gasteiger partial charge in [-0.25, -0.2) is 13.6 Å². The molecule has 33 heavy (non-hydrogen) atoms. The van der Waals surface area contributed by atoms with Gasteiger partial charge in [0.2, 0.25) is 5.90 Å². The monoisotopic (exact) mass is 456 g/mol. The average molecular weight is 456 g/mol. The number of ether oxygens (including phenoxy) is 1. The minimum Gasteiger partial charge on any atom is -0.470 e. The molecule has 3 aromatic rings. The van der Waals surface area contributed by atoms with Crippen molar-refractivity contribution in [1.29, 1.82) is 0 Å². The second-order valence-corrected chi connectivity index (χ2v) is 8.05. The SMILES string of the molecule is C=N/N=C(\OCC(F)F)c1ccc(Cn2c(=O)n(C3CCN(C)CC3)c3ccccc32)nc1. The van der Waals surface area contributed by atoms with Crippen LogP contribution >= 0.6 is 0 Å². The van der Waals surface area contributed by atoms with Crippen LogP contribution in [-0.2, 0) is 11.3 Å². The Balaban J connectivity index is 1.62. The maximum atomic E-state index is 13.4. The number of pyridine rings is 1. The van der Waals surface area contributed by atoms with Gasteiger partial charge in [0.05, 0.1) is 28.8 Å². The maximum Gasteiger partial charge on any atom is 0.329 e. The second kappa shape index (κ2) is 10.0. The number of hydrogen-bond acceptors (Lipinski definition) is 6. The maximum absolute atomic E-state index is 13.4. The molecule has 174 valence electrons. The van der Waals surface area contributed by atoms with Gasteiger partial charge in [-0.1, -0.05) is 12.1 Å². The van der Waals surface area contributed by atoms with Crippen molar-refractivity contribution >= 4 is 23.6 Å². The summed E-state index contributed by atoms with van der Waals surface area (Å²) in [6, 6.07) is 11.3. The summed E-state index contributed by atoms with van der Waals surface area (Å²) in [6.07, 6.45) is 0.678. The lowest BCUT2D eigenvalue weighted by Crippen LogP contribution is -2.36. The number of aromatic nitrogens is 3. The summed E-state index contributed by atoms with van der Waals surface area (Å²) in [5.74, 6) is -0.0830. The van der Waals surface area contributed by atoms with Gasteiger partial charge in [0.15, 0.2) is 6.61 Å². The Morgan fingerprint density at radius 1 is 1.21 bits per heavy atom. The van der Waals surface area contributed by atoms with E-state index in [0.717, 1.165) is 37.0 Å². The van der Waals surface area contributed by atoms with Crippen molar-refractivity contribution in [2.24, 2.45) is 10.2 Å². The Morgan fingerprint density at radius 3 is 2.58 bits per heavy atom. The van der Waals surface area contributed by atoms with Gasteiger partial charge in [-0.05, 0) is 57.2 Å². The number of piperidine rings is 1. The lowest BCUT2D eigenvalue weighted by Gasteiger charge is -2.29. The lowest BCUT2D eigenvalue weighted by atomic mass is 10.1. The molecule has 1 fully saturated rings. The molecule has 0 amide bonds. The van der Waals surface area contributed by atoms with Gasteiger partial charge in [0.1, 0.15) is 0 Å². The molecule has 1 aromatic carbocycles.